The van der Waals surface area contributed by atoms with Gasteiger partial charge in [0.15, 0.2) is 11.5 Å². The Balaban J connectivity index is 1.67. The van der Waals surface area contributed by atoms with Gasteiger partial charge in [-0.3, -0.25) is 4.79 Å². The lowest BCUT2D eigenvalue weighted by Crippen LogP contribution is -2.37. The first kappa shape index (κ1) is 18.9. The van der Waals surface area contributed by atoms with E-state index in [2.05, 4.69) is 36.2 Å². The van der Waals surface area contributed by atoms with Crippen LogP contribution in [0.5, 0.6) is 11.5 Å². The summed E-state index contributed by atoms with van der Waals surface area (Å²) in [5.74, 6) is 1.24. The van der Waals surface area contributed by atoms with Crippen molar-refractivity contribution in [1.82, 2.24) is 0 Å². The maximum atomic E-state index is 13.4. The molecule has 0 radical (unpaired) electrons. The van der Waals surface area contributed by atoms with Crippen molar-refractivity contribution in [3.05, 3.63) is 83.9 Å². The van der Waals surface area contributed by atoms with Gasteiger partial charge in [-0.25, -0.2) is 0 Å². The van der Waals surface area contributed by atoms with Crippen molar-refractivity contribution in [2.24, 2.45) is 0 Å². The average molecular weight is 388 g/mol. The standard InChI is InChI=1S/C24H24N2O3/c1-3-26(20-11-7-8-17(2)14-20)23(18-9-5-4-6-10-18)24(27)25-19-12-13-21-22(15-19)29-16-28-21/h4-15,23H,3,16H2,1-2H3,(H,25,27). The van der Waals surface area contributed by atoms with Gasteiger partial charge in [0.25, 0.3) is 5.91 Å². The molecule has 1 amide bonds. The predicted molar refractivity (Wildman–Crippen MR) is 115 cm³/mol. The smallest absolute Gasteiger partial charge is 0.251 e. The largest absolute Gasteiger partial charge is 0.454 e. The van der Waals surface area contributed by atoms with E-state index in [1.165, 1.54) is 0 Å². The fourth-order valence-corrected chi connectivity index (χ4v) is 3.61. The lowest BCUT2D eigenvalue weighted by molar-refractivity contribution is -0.117. The van der Waals surface area contributed by atoms with E-state index in [0.717, 1.165) is 16.8 Å². The van der Waals surface area contributed by atoms with E-state index in [-0.39, 0.29) is 12.7 Å². The number of aryl methyl sites for hydroxylation is 1. The minimum Gasteiger partial charge on any atom is -0.454 e. The number of ether oxygens (including phenoxy) is 2. The summed E-state index contributed by atoms with van der Waals surface area (Å²) >= 11 is 0. The summed E-state index contributed by atoms with van der Waals surface area (Å²) < 4.78 is 10.8. The van der Waals surface area contributed by atoms with Gasteiger partial charge in [-0.15, -0.1) is 0 Å². The number of nitrogens with one attached hydrogen (secondary N) is 1. The first-order valence-electron chi connectivity index (χ1n) is 9.74. The van der Waals surface area contributed by atoms with Crippen LogP contribution in [0, 0.1) is 6.92 Å². The van der Waals surface area contributed by atoms with Crippen molar-refractivity contribution in [2.45, 2.75) is 19.9 Å². The summed E-state index contributed by atoms with van der Waals surface area (Å²) in [6.07, 6.45) is 0. The Morgan fingerprint density at radius 1 is 1.00 bits per heavy atom. The molecule has 29 heavy (non-hydrogen) atoms. The molecule has 1 heterocycles. The number of carbonyl (C=O) groups is 1. The predicted octanol–water partition coefficient (Wildman–Crippen LogP) is 4.93. The lowest BCUT2D eigenvalue weighted by Gasteiger charge is -2.32. The molecule has 148 valence electrons. The van der Waals surface area contributed by atoms with Crippen LogP contribution in [0.15, 0.2) is 72.8 Å². The molecule has 0 aromatic heterocycles. The Bertz CT molecular complexity index is 1000. The number of likely N-dealkylation sites (N-methyl/N-ethyl adjacent to an activating group) is 1. The van der Waals surface area contributed by atoms with Gasteiger partial charge in [0.2, 0.25) is 6.79 Å². The van der Waals surface area contributed by atoms with Crippen molar-refractivity contribution >= 4 is 17.3 Å². The van der Waals surface area contributed by atoms with Gasteiger partial charge in [-0.2, -0.15) is 0 Å². The third-order valence-corrected chi connectivity index (χ3v) is 4.99. The Morgan fingerprint density at radius 2 is 1.79 bits per heavy atom. The summed E-state index contributed by atoms with van der Waals surface area (Å²) in [5.41, 5.74) is 3.79. The fourth-order valence-electron chi connectivity index (χ4n) is 3.61. The van der Waals surface area contributed by atoms with Gasteiger partial charge in [-0.1, -0.05) is 42.5 Å². The van der Waals surface area contributed by atoms with E-state index in [1.54, 1.807) is 6.07 Å². The highest BCUT2D eigenvalue weighted by molar-refractivity contribution is 5.98. The zero-order valence-electron chi connectivity index (χ0n) is 16.6. The van der Waals surface area contributed by atoms with Crippen LogP contribution in [0.1, 0.15) is 24.1 Å². The molecule has 3 aromatic rings. The second kappa shape index (κ2) is 8.27. The van der Waals surface area contributed by atoms with Crippen LogP contribution in [-0.2, 0) is 4.79 Å². The van der Waals surface area contributed by atoms with Crippen molar-refractivity contribution in [3.63, 3.8) is 0 Å². The number of nitrogens with zero attached hydrogens (tertiary/aromatic N) is 1. The minimum atomic E-state index is -0.464. The topological polar surface area (TPSA) is 50.8 Å². The van der Waals surface area contributed by atoms with E-state index in [9.17, 15) is 4.79 Å². The minimum absolute atomic E-state index is 0.0987. The number of amides is 1. The SMILES string of the molecule is CCN(c1cccc(C)c1)C(C(=O)Nc1ccc2c(c1)OCO2)c1ccccc1. The van der Waals surface area contributed by atoms with Gasteiger partial charge in [0.1, 0.15) is 6.04 Å². The average Bonchev–Trinajstić information content (AvgIpc) is 3.20. The number of carbonyl (C=O) groups excluding carboxylic acids is 1. The molecule has 0 fully saturated rings. The quantitative estimate of drug-likeness (QED) is 0.651. The third-order valence-electron chi connectivity index (χ3n) is 4.99. The molecular formula is C24H24N2O3. The molecule has 4 rings (SSSR count). The zero-order valence-corrected chi connectivity index (χ0v) is 16.6. The summed E-state index contributed by atoms with van der Waals surface area (Å²) in [6, 6.07) is 23.0. The van der Waals surface area contributed by atoms with Crippen molar-refractivity contribution in [1.29, 1.82) is 0 Å². The molecule has 1 unspecified atom stereocenters. The second-order valence-corrected chi connectivity index (χ2v) is 7.00. The van der Waals surface area contributed by atoms with Gasteiger partial charge in [-0.05, 0) is 49.2 Å². The van der Waals surface area contributed by atoms with Crippen LogP contribution < -0.4 is 19.7 Å². The molecule has 1 atom stereocenters. The first-order valence-corrected chi connectivity index (χ1v) is 9.74. The Labute approximate surface area is 170 Å². The number of hydrogen-bond donors (Lipinski definition) is 1. The molecule has 1 aliphatic heterocycles. The van der Waals surface area contributed by atoms with Crippen LogP contribution in [-0.4, -0.2) is 19.2 Å². The highest BCUT2D eigenvalue weighted by Gasteiger charge is 2.28. The molecule has 5 nitrogen and oxygen atoms in total. The zero-order chi connectivity index (χ0) is 20.2. The molecule has 1 aliphatic rings. The molecule has 0 saturated heterocycles. The Morgan fingerprint density at radius 3 is 2.55 bits per heavy atom. The summed E-state index contributed by atoms with van der Waals surface area (Å²) in [6.45, 7) is 5.02. The molecule has 5 heteroatoms. The molecule has 0 saturated carbocycles. The molecule has 1 N–H and O–H groups in total. The maximum Gasteiger partial charge on any atom is 0.251 e. The summed E-state index contributed by atoms with van der Waals surface area (Å²) in [4.78, 5) is 15.6. The first-order chi connectivity index (χ1) is 14.2. The molecule has 3 aromatic carbocycles. The van der Waals surface area contributed by atoms with Crippen molar-refractivity contribution < 1.29 is 14.3 Å². The van der Waals surface area contributed by atoms with E-state index < -0.39 is 6.04 Å². The van der Waals surface area contributed by atoms with Crippen molar-refractivity contribution in [3.8, 4) is 11.5 Å². The number of fused-ring (bicyclic) bond motifs is 1. The number of anilines is 2. The highest BCUT2D eigenvalue weighted by Crippen LogP contribution is 2.35. The Hall–Kier alpha value is -3.47. The number of rotatable bonds is 6. The number of hydrogen-bond acceptors (Lipinski definition) is 4. The van der Waals surface area contributed by atoms with E-state index in [4.69, 9.17) is 9.47 Å². The van der Waals surface area contributed by atoms with E-state index in [1.807, 2.05) is 54.6 Å². The van der Waals surface area contributed by atoms with Gasteiger partial charge < -0.3 is 19.7 Å². The van der Waals surface area contributed by atoms with Crippen LogP contribution in [0.4, 0.5) is 11.4 Å². The van der Waals surface area contributed by atoms with E-state index >= 15 is 0 Å². The number of benzene rings is 3. The van der Waals surface area contributed by atoms with Crippen LogP contribution >= 0.6 is 0 Å². The summed E-state index contributed by atoms with van der Waals surface area (Å²) in [5, 5.41) is 3.05. The van der Waals surface area contributed by atoms with Crippen LogP contribution in [0.2, 0.25) is 0 Å². The summed E-state index contributed by atoms with van der Waals surface area (Å²) in [7, 11) is 0. The van der Waals surface area contributed by atoms with Crippen molar-refractivity contribution in [2.75, 3.05) is 23.6 Å². The fraction of sp³-hybridized carbons (Fsp3) is 0.208. The monoisotopic (exact) mass is 388 g/mol. The van der Waals surface area contributed by atoms with Crippen LogP contribution in [0.25, 0.3) is 0 Å². The van der Waals surface area contributed by atoms with Gasteiger partial charge >= 0.3 is 0 Å². The lowest BCUT2D eigenvalue weighted by atomic mass is 10.0. The van der Waals surface area contributed by atoms with Gasteiger partial charge in [0, 0.05) is 24.0 Å². The highest BCUT2D eigenvalue weighted by atomic mass is 16.7. The normalized spacial score (nSPS) is 13.0. The van der Waals surface area contributed by atoms with Crippen LogP contribution in [0.3, 0.4) is 0 Å². The molecule has 0 spiro atoms. The maximum absolute atomic E-state index is 13.4. The second-order valence-electron chi connectivity index (χ2n) is 7.00. The van der Waals surface area contributed by atoms with E-state index in [0.29, 0.717) is 23.7 Å². The molecule has 0 bridgehead atoms. The Kier molecular flexibility index (Phi) is 5.38. The molecule has 0 aliphatic carbocycles. The third kappa shape index (κ3) is 4.04. The van der Waals surface area contributed by atoms with Gasteiger partial charge in [0.05, 0.1) is 0 Å². The molecular weight excluding hydrogens is 364 g/mol.